The Kier molecular flexibility index (Phi) is 6.99. The molecule has 192 valence electrons. The number of carbonyl (C=O) groups is 2. The molecule has 2 aliphatic heterocycles. The minimum absolute atomic E-state index is 0.0497. The fourth-order valence-electron chi connectivity index (χ4n) is 6.74. The first-order valence-electron chi connectivity index (χ1n) is 13.3. The van der Waals surface area contributed by atoms with Crippen LogP contribution in [0.25, 0.3) is 0 Å². The minimum Gasteiger partial charge on any atom is -0.376 e. The van der Waals surface area contributed by atoms with E-state index in [0.29, 0.717) is 49.7 Å². The average molecular weight is 497 g/mol. The molecule has 2 atom stereocenters. The van der Waals surface area contributed by atoms with Gasteiger partial charge in [-0.05, 0) is 69.1 Å². The van der Waals surface area contributed by atoms with E-state index in [1.165, 1.54) is 6.42 Å². The maximum atomic E-state index is 13.1. The molecule has 0 aromatic heterocycles. The maximum absolute atomic E-state index is 13.1. The van der Waals surface area contributed by atoms with E-state index in [1.54, 1.807) is 4.90 Å². The largest absolute Gasteiger partial charge is 0.376 e. The summed E-state index contributed by atoms with van der Waals surface area (Å²) in [4.78, 5) is 29.2. The molecule has 0 radical (unpaired) electrons. The number of hydrogen-bond acceptors (Lipinski definition) is 6. The second-order valence-corrected chi connectivity index (χ2v) is 13.9. The molecule has 3 saturated carbocycles. The van der Waals surface area contributed by atoms with Crippen LogP contribution in [0.3, 0.4) is 0 Å². The molecule has 1 N–H and O–H groups in total. The first-order valence-corrected chi connectivity index (χ1v) is 15.1. The third-order valence-corrected chi connectivity index (χ3v) is 11.5. The molecule has 0 aromatic rings. The van der Waals surface area contributed by atoms with Gasteiger partial charge in [0.25, 0.3) is 5.91 Å². The van der Waals surface area contributed by atoms with Crippen LogP contribution in [0.2, 0.25) is 0 Å². The van der Waals surface area contributed by atoms with Gasteiger partial charge in [0, 0.05) is 32.1 Å². The van der Waals surface area contributed by atoms with Crippen molar-refractivity contribution in [2.24, 2.45) is 23.7 Å². The first kappa shape index (κ1) is 24.5. The standard InChI is InChI=1S/C25H40N2O6S/c28-23(26-10-12-27(13-11-26)24(29)25(30)16-33-17-25)20-6-4-19(5-7-20)21-3-1-2-18(14-21)15-34(31,32)22-8-9-22/h18-22,30H,1-17H2. The average Bonchev–Trinajstić information content (AvgIpc) is 3.68. The number of ether oxygens (including phenoxy) is 1. The molecule has 5 fully saturated rings. The highest BCUT2D eigenvalue weighted by Gasteiger charge is 2.47. The van der Waals surface area contributed by atoms with Gasteiger partial charge in [-0.25, -0.2) is 8.42 Å². The predicted molar refractivity (Wildman–Crippen MR) is 127 cm³/mol. The molecule has 0 bridgehead atoms. The predicted octanol–water partition coefficient (Wildman–Crippen LogP) is 1.61. The highest BCUT2D eigenvalue weighted by Crippen LogP contribution is 2.43. The highest BCUT2D eigenvalue weighted by molar-refractivity contribution is 7.92. The zero-order chi connectivity index (χ0) is 23.9. The molecule has 5 rings (SSSR count). The van der Waals surface area contributed by atoms with E-state index in [0.717, 1.165) is 57.8 Å². The Morgan fingerprint density at radius 3 is 2.09 bits per heavy atom. The van der Waals surface area contributed by atoms with E-state index in [-0.39, 0.29) is 36.2 Å². The van der Waals surface area contributed by atoms with Gasteiger partial charge < -0.3 is 19.6 Å². The van der Waals surface area contributed by atoms with E-state index in [1.807, 2.05) is 4.90 Å². The van der Waals surface area contributed by atoms with Crippen LogP contribution in [0.4, 0.5) is 0 Å². The van der Waals surface area contributed by atoms with Crippen molar-refractivity contribution in [3.05, 3.63) is 0 Å². The molecule has 9 heteroatoms. The third kappa shape index (κ3) is 5.16. The minimum atomic E-state index is -2.88. The van der Waals surface area contributed by atoms with E-state index in [4.69, 9.17) is 4.74 Å². The third-order valence-electron chi connectivity index (χ3n) is 9.07. The maximum Gasteiger partial charge on any atom is 0.259 e. The molecule has 8 nitrogen and oxygen atoms in total. The summed E-state index contributed by atoms with van der Waals surface area (Å²) in [7, 11) is -2.88. The Balaban J connectivity index is 1.06. The van der Waals surface area contributed by atoms with Crippen LogP contribution < -0.4 is 0 Å². The van der Waals surface area contributed by atoms with Gasteiger partial charge in [-0.15, -0.1) is 0 Å². The monoisotopic (exact) mass is 496 g/mol. The van der Waals surface area contributed by atoms with Crippen molar-refractivity contribution in [3.8, 4) is 0 Å². The van der Waals surface area contributed by atoms with Crippen LogP contribution in [-0.2, 0) is 24.2 Å². The lowest BCUT2D eigenvalue weighted by molar-refractivity contribution is -0.201. The van der Waals surface area contributed by atoms with Crippen LogP contribution >= 0.6 is 0 Å². The number of rotatable bonds is 6. The van der Waals surface area contributed by atoms with Gasteiger partial charge in [-0.3, -0.25) is 9.59 Å². The van der Waals surface area contributed by atoms with Crippen molar-refractivity contribution < 1.29 is 27.9 Å². The Labute approximate surface area is 203 Å². The zero-order valence-corrected chi connectivity index (χ0v) is 21.0. The summed E-state index contributed by atoms with van der Waals surface area (Å²) >= 11 is 0. The van der Waals surface area contributed by atoms with Crippen molar-refractivity contribution in [1.29, 1.82) is 0 Å². The fourth-order valence-corrected chi connectivity index (χ4v) is 8.83. The molecule has 2 heterocycles. The molecular weight excluding hydrogens is 456 g/mol. The molecule has 2 unspecified atom stereocenters. The van der Waals surface area contributed by atoms with Gasteiger partial charge in [-0.1, -0.05) is 12.8 Å². The Hall–Kier alpha value is -1.19. The second kappa shape index (κ2) is 9.69. The smallest absolute Gasteiger partial charge is 0.259 e. The molecule has 5 aliphatic rings. The fraction of sp³-hybridized carbons (Fsp3) is 0.920. The quantitative estimate of drug-likeness (QED) is 0.599. The summed E-state index contributed by atoms with van der Waals surface area (Å²) < 4.78 is 29.9. The number of piperazine rings is 1. The van der Waals surface area contributed by atoms with E-state index < -0.39 is 15.4 Å². The summed E-state index contributed by atoms with van der Waals surface area (Å²) in [5, 5.41) is 10.2. The summed E-state index contributed by atoms with van der Waals surface area (Å²) in [6.45, 7) is 2.12. The Morgan fingerprint density at radius 1 is 0.853 bits per heavy atom. The van der Waals surface area contributed by atoms with Crippen LogP contribution in [-0.4, -0.2) is 91.1 Å². The number of sulfone groups is 1. The van der Waals surface area contributed by atoms with Crippen LogP contribution in [0.1, 0.15) is 64.2 Å². The van der Waals surface area contributed by atoms with Gasteiger partial charge in [-0.2, -0.15) is 0 Å². The number of nitrogens with zero attached hydrogens (tertiary/aromatic N) is 2. The Morgan fingerprint density at radius 2 is 1.50 bits per heavy atom. The number of hydrogen-bond donors (Lipinski definition) is 1. The second-order valence-electron chi connectivity index (χ2n) is 11.6. The summed E-state index contributed by atoms with van der Waals surface area (Å²) in [6, 6.07) is 0. The molecule has 2 saturated heterocycles. The van der Waals surface area contributed by atoms with Gasteiger partial charge in [0.05, 0.1) is 24.2 Å². The lowest BCUT2D eigenvalue weighted by Crippen LogP contribution is -2.64. The van der Waals surface area contributed by atoms with Crippen molar-refractivity contribution in [2.45, 2.75) is 75.1 Å². The van der Waals surface area contributed by atoms with Crippen LogP contribution in [0.15, 0.2) is 0 Å². The van der Waals surface area contributed by atoms with Crippen molar-refractivity contribution in [1.82, 2.24) is 9.80 Å². The van der Waals surface area contributed by atoms with Crippen LogP contribution in [0.5, 0.6) is 0 Å². The Bertz CT molecular complexity index is 868. The molecule has 0 aromatic carbocycles. The van der Waals surface area contributed by atoms with Crippen LogP contribution in [0, 0.1) is 23.7 Å². The summed E-state index contributed by atoms with van der Waals surface area (Å²) in [5.41, 5.74) is -1.37. The SMILES string of the molecule is O=C(C1CCC(C2CCCC(CS(=O)(=O)C3CC3)C2)CC1)N1CCN(C(=O)C2(O)COC2)CC1. The van der Waals surface area contributed by atoms with Gasteiger partial charge >= 0.3 is 0 Å². The van der Waals surface area contributed by atoms with E-state index in [9.17, 15) is 23.1 Å². The van der Waals surface area contributed by atoms with Crippen molar-refractivity contribution in [2.75, 3.05) is 45.1 Å². The molecule has 34 heavy (non-hydrogen) atoms. The zero-order valence-electron chi connectivity index (χ0n) is 20.2. The van der Waals surface area contributed by atoms with Gasteiger partial charge in [0.15, 0.2) is 15.4 Å². The molecular formula is C25H40N2O6S. The van der Waals surface area contributed by atoms with Gasteiger partial charge in [0.1, 0.15) is 0 Å². The van der Waals surface area contributed by atoms with Gasteiger partial charge in [0.2, 0.25) is 5.91 Å². The topological polar surface area (TPSA) is 104 Å². The van der Waals surface area contributed by atoms with E-state index in [2.05, 4.69) is 0 Å². The highest BCUT2D eigenvalue weighted by atomic mass is 32.2. The van der Waals surface area contributed by atoms with Crippen molar-refractivity contribution >= 4 is 21.7 Å². The lowest BCUT2D eigenvalue weighted by atomic mass is 9.69. The molecule has 3 aliphatic carbocycles. The van der Waals surface area contributed by atoms with Crippen molar-refractivity contribution in [3.63, 3.8) is 0 Å². The summed E-state index contributed by atoms with van der Waals surface area (Å²) in [5.74, 6) is 1.95. The number of aliphatic hydroxyl groups is 1. The normalized spacial score (nSPS) is 34.4. The lowest BCUT2D eigenvalue weighted by Gasteiger charge is -2.43. The number of amides is 2. The number of carbonyl (C=O) groups excluding carboxylic acids is 2. The first-order chi connectivity index (χ1) is 16.2. The molecule has 2 amide bonds. The van der Waals surface area contributed by atoms with E-state index >= 15 is 0 Å². The molecule has 0 spiro atoms. The summed E-state index contributed by atoms with van der Waals surface area (Å²) in [6.07, 6.45) is 10.1.